The van der Waals surface area contributed by atoms with Crippen LogP contribution in [0, 0.1) is 0 Å². The molecule has 7 nitrogen and oxygen atoms in total. The summed E-state index contributed by atoms with van der Waals surface area (Å²) < 4.78 is 44.2. The van der Waals surface area contributed by atoms with Gasteiger partial charge in [0.25, 0.3) is 5.91 Å². The van der Waals surface area contributed by atoms with E-state index in [1.54, 1.807) is 0 Å². The molecule has 0 aromatic heterocycles. The standard InChI is InChI=1S/C17H20F3N3O4/c1-4-7-27-12-6-5-10(17(18,19)20)8-11(12)21-13(24)9-23-14(25)16(2,3)22-15(23)26/h5-6,8H,4,7,9H2,1-3H3,(H,21,24)(H,22,26). The van der Waals surface area contributed by atoms with E-state index in [4.69, 9.17) is 4.74 Å². The van der Waals surface area contributed by atoms with Crippen molar-refractivity contribution in [2.24, 2.45) is 0 Å². The van der Waals surface area contributed by atoms with Crippen molar-refractivity contribution in [3.05, 3.63) is 23.8 Å². The SMILES string of the molecule is CCCOc1ccc(C(F)(F)F)cc1NC(=O)CN1C(=O)NC(C)(C)C1=O. The van der Waals surface area contributed by atoms with Gasteiger partial charge < -0.3 is 15.4 Å². The lowest BCUT2D eigenvalue weighted by Gasteiger charge is -2.17. The van der Waals surface area contributed by atoms with E-state index in [0.717, 1.165) is 18.2 Å². The van der Waals surface area contributed by atoms with Crippen LogP contribution in [0.15, 0.2) is 18.2 Å². The molecule has 1 aliphatic rings. The Morgan fingerprint density at radius 2 is 1.96 bits per heavy atom. The van der Waals surface area contributed by atoms with Crippen LogP contribution in [0.4, 0.5) is 23.7 Å². The van der Waals surface area contributed by atoms with Crippen LogP contribution in [0.2, 0.25) is 0 Å². The van der Waals surface area contributed by atoms with Crippen molar-refractivity contribution in [3.8, 4) is 5.75 Å². The van der Waals surface area contributed by atoms with E-state index in [-0.39, 0.29) is 18.0 Å². The summed E-state index contributed by atoms with van der Waals surface area (Å²) in [5.74, 6) is -1.36. The smallest absolute Gasteiger partial charge is 0.416 e. The summed E-state index contributed by atoms with van der Waals surface area (Å²) in [5, 5.41) is 4.70. The van der Waals surface area contributed by atoms with Gasteiger partial charge in [0.05, 0.1) is 17.9 Å². The zero-order chi connectivity index (χ0) is 20.4. The average molecular weight is 387 g/mol. The number of rotatable bonds is 6. The van der Waals surface area contributed by atoms with Crippen LogP contribution in [0.3, 0.4) is 0 Å². The number of nitrogens with one attached hydrogen (secondary N) is 2. The Hall–Kier alpha value is -2.78. The topological polar surface area (TPSA) is 87.7 Å². The molecule has 0 saturated carbocycles. The molecule has 4 amide bonds. The van der Waals surface area contributed by atoms with Gasteiger partial charge in [-0.05, 0) is 38.5 Å². The molecule has 1 fully saturated rings. The molecule has 0 bridgehead atoms. The highest BCUT2D eigenvalue weighted by Gasteiger charge is 2.45. The van der Waals surface area contributed by atoms with Gasteiger partial charge in [0.15, 0.2) is 0 Å². The Balaban J connectivity index is 2.20. The van der Waals surface area contributed by atoms with Gasteiger partial charge in [0.1, 0.15) is 17.8 Å². The predicted molar refractivity (Wildman–Crippen MR) is 90.2 cm³/mol. The maximum atomic E-state index is 12.9. The number of alkyl halides is 3. The second-order valence-corrected chi connectivity index (χ2v) is 6.55. The third kappa shape index (κ3) is 4.69. The first-order valence-corrected chi connectivity index (χ1v) is 8.23. The van der Waals surface area contributed by atoms with E-state index >= 15 is 0 Å². The number of imide groups is 1. The molecule has 0 unspecified atom stereocenters. The highest BCUT2D eigenvalue weighted by Crippen LogP contribution is 2.35. The lowest BCUT2D eigenvalue weighted by Crippen LogP contribution is -2.41. The minimum absolute atomic E-state index is 0.0655. The first kappa shape index (κ1) is 20.5. The van der Waals surface area contributed by atoms with Crippen LogP contribution in [0.1, 0.15) is 32.8 Å². The van der Waals surface area contributed by atoms with Crippen molar-refractivity contribution in [1.29, 1.82) is 0 Å². The molecule has 10 heteroatoms. The molecule has 0 atom stereocenters. The van der Waals surface area contributed by atoms with Crippen LogP contribution in [0.25, 0.3) is 0 Å². The van der Waals surface area contributed by atoms with Gasteiger partial charge in [-0.25, -0.2) is 4.79 Å². The van der Waals surface area contributed by atoms with Crippen LogP contribution >= 0.6 is 0 Å². The predicted octanol–water partition coefficient (Wildman–Crippen LogP) is 2.76. The van der Waals surface area contributed by atoms with Crippen molar-refractivity contribution in [2.45, 2.75) is 38.9 Å². The van der Waals surface area contributed by atoms with E-state index in [0.29, 0.717) is 11.3 Å². The lowest BCUT2D eigenvalue weighted by molar-refractivity contribution is -0.137. The fourth-order valence-corrected chi connectivity index (χ4v) is 2.44. The van der Waals surface area contributed by atoms with E-state index in [1.165, 1.54) is 13.8 Å². The number of urea groups is 1. The minimum Gasteiger partial charge on any atom is -0.491 e. The molecule has 0 aliphatic carbocycles. The van der Waals surface area contributed by atoms with Crippen LogP contribution < -0.4 is 15.4 Å². The minimum atomic E-state index is -4.60. The summed E-state index contributed by atoms with van der Waals surface area (Å²) in [7, 11) is 0. The Labute approximate surface area is 153 Å². The van der Waals surface area contributed by atoms with Crippen molar-refractivity contribution in [2.75, 3.05) is 18.5 Å². The molecule has 0 spiro atoms. The zero-order valence-electron chi connectivity index (χ0n) is 15.1. The summed E-state index contributed by atoms with van der Waals surface area (Å²) in [5.41, 5.74) is -2.30. The van der Waals surface area contributed by atoms with Crippen LogP contribution in [0.5, 0.6) is 5.75 Å². The highest BCUT2D eigenvalue weighted by atomic mass is 19.4. The quantitative estimate of drug-likeness (QED) is 0.735. The van der Waals surface area contributed by atoms with E-state index in [1.807, 2.05) is 6.92 Å². The molecule has 1 aromatic rings. The molecule has 1 aromatic carbocycles. The summed E-state index contributed by atoms with van der Waals surface area (Å²) in [6.45, 7) is 4.40. The number of amides is 4. The van der Waals surface area contributed by atoms with E-state index < -0.39 is 41.7 Å². The molecule has 148 valence electrons. The molecular weight excluding hydrogens is 367 g/mol. The molecule has 0 radical (unpaired) electrons. The third-order valence-corrected chi connectivity index (χ3v) is 3.79. The summed E-state index contributed by atoms with van der Waals surface area (Å²) in [4.78, 5) is 36.9. The number of carbonyl (C=O) groups is 3. The Kier molecular flexibility index (Phi) is 5.67. The summed E-state index contributed by atoms with van der Waals surface area (Å²) >= 11 is 0. The van der Waals surface area contributed by atoms with Gasteiger partial charge in [-0.1, -0.05) is 6.92 Å². The van der Waals surface area contributed by atoms with E-state index in [9.17, 15) is 27.6 Å². The van der Waals surface area contributed by atoms with E-state index in [2.05, 4.69) is 10.6 Å². The maximum absolute atomic E-state index is 12.9. The number of carbonyl (C=O) groups excluding carboxylic acids is 3. The number of anilines is 1. The Morgan fingerprint density at radius 1 is 1.30 bits per heavy atom. The van der Waals surface area contributed by atoms with Gasteiger partial charge >= 0.3 is 12.2 Å². The van der Waals surface area contributed by atoms with Crippen molar-refractivity contribution in [3.63, 3.8) is 0 Å². The van der Waals surface area contributed by atoms with Gasteiger partial charge in [0.2, 0.25) is 5.91 Å². The molecule has 2 N–H and O–H groups in total. The number of hydrogen-bond acceptors (Lipinski definition) is 4. The lowest BCUT2D eigenvalue weighted by atomic mass is 10.1. The highest BCUT2D eigenvalue weighted by molar-refractivity contribution is 6.09. The van der Waals surface area contributed by atoms with Crippen molar-refractivity contribution in [1.82, 2.24) is 10.2 Å². The monoisotopic (exact) mass is 387 g/mol. The van der Waals surface area contributed by atoms with Crippen LogP contribution in [-0.4, -0.2) is 41.4 Å². The molecule has 1 heterocycles. The van der Waals surface area contributed by atoms with Gasteiger partial charge in [-0.3, -0.25) is 14.5 Å². The summed E-state index contributed by atoms with van der Waals surface area (Å²) in [6, 6.07) is 1.97. The van der Waals surface area contributed by atoms with Crippen molar-refractivity contribution < 1.29 is 32.3 Å². The Morgan fingerprint density at radius 3 is 2.48 bits per heavy atom. The first-order valence-electron chi connectivity index (χ1n) is 8.23. The zero-order valence-corrected chi connectivity index (χ0v) is 15.1. The molecule has 2 rings (SSSR count). The fourth-order valence-electron chi connectivity index (χ4n) is 2.44. The van der Waals surface area contributed by atoms with Crippen LogP contribution in [-0.2, 0) is 15.8 Å². The normalized spacial score (nSPS) is 16.3. The Bertz CT molecular complexity index is 762. The molecule has 1 aliphatic heterocycles. The maximum Gasteiger partial charge on any atom is 0.416 e. The van der Waals surface area contributed by atoms with Gasteiger partial charge in [-0.15, -0.1) is 0 Å². The second kappa shape index (κ2) is 7.45. The second-order valence-electron chi connectivity index (χ2n) is 6.55. The third-order valence-electron chi connectivity index (χ3n) is 3.79. The number of hydrogen-bond donors (Lipinski definition) is 2. The molecular formula is C17H20F3N3O4. The van der Waals surface area contributed by atoms with Crippen molar-refractivity contribution >= 4 is 23.5 Å². The van der Waals surface area contributed by atoms with Gasteiger partial charge in [-0.2, -0.15) is 13.2 Å². The fraction of sp³-hybridized carbons (Fsp3) is 0.471. The number of benzene rings is 1. The number of nitrogens with zero attached hydrogens (tertiary/aromatic N) is 1. The molecule has 1 saturated heterocycles. The molecule has 27 heavy (non-hydrogen) atoms. The number of halogens is 3. The first-order chi connectivity index (χ1) is 12.5. The number of ether oxygens (including phenoxy) is 1. The average Bonchev–Trinajstić information content (AvgIpc) is 2.74. The largest absolute Gasteiger partial charge is 0.491 e. The summed E-state index contributed by atoms with van der Waals surface area (Å²) in [6.07, 6.45) is -3.98. The van der Waals surface area contributed by atoms with Gasteiger partial charge in [0, 0.05) is 0 Å².